The fourth-order valence-electron chi connectivity index (χ4n) is 6.20. The Labute approximate surface area is 210 Å². The van der Waals surface area contributed by atoms with Crippen molar-refractivity contribution in [2.75, 3.05) is 20.1 Å². The molecule has 9 nitrogen and oxygen atoms in total. The molecular formula is C25H44BN3O6. The van der Waals surface area contributed by atoms with Crippen LogP contribution < -0.4 is 5.32 Å². The first-order valence-electron chi connectivity index (χ1n) is 12.8. The molecule has 10 heteroatoms. The number of carboxylic acid groups (broad SMARTS) is 1. The summed E-state index contributed by atoms with van der Waals surface area (Å²) in [6.45, 7) is 16.2. The lowest BCUT2D eigenvalue weighted by atomic mass is 9.74. The standard InChI is InChI=1S/C25H44BN3O6/c1-16(30)28(9)25(20(31)27-22(2,3)4)13-17-14-29(21(32)33)15-18(17)19(25)11-10-12-26-34-23(5,6)24(7,8)35-26/h17-19H,10-15H2,1-9H3,(H,27,31)(H,32,33)/t17-,18+,19-,25-/m0/s1. The molecule has 3 amide bonds. The Morgan fingerprint density at radius 3 is 2.17 bits per heavy atom. The second-order valence-corrected chi connectivity index (χ2v) is 12.7. The van der Waals surface area contributed by atoms with Crippen LogP contribution in [0.15, 0.2) is 0 Å². The quantitative estimate of drug-likeness (QED) is 0.550. The number of rotatable bonds is 6. The van der Waals surface area contributed by atoms with E-state index in [-0.39, 0.29) is 36.7 Å². The maximum Gasteiger partial charge on any atom is 0.457 e. The molecule has 3 fully saturated rings. The van der Waals surface area contributed by atoms with Crippen LogP contribution in [0.25, 0.3) is 0 Å². The molecule has 198 valence electrons. The molecule has 1 aliphatic carbocycles. The number of amides is 3. The van der Waals surface area contributed by atoms with Crippen LogP contribution in [0.3, 0.4) is 0 Å². The molecule has 2 N–H and O–H groups in total. The van der Waals surface area contributed by atoms with Crippen LogP contribution in [0.2, 0.25) is 6.32 Å². The fourth-order valence-corrected chi connectivity index (χ4v) is 6.20. The predicted octanol–water partition coefficient (Wildman–Crippen LogP) is 3.24. The van der Waals surface area contributed by atoms with Gasteiger partial charge in [-0.2, -0.15) is 0 Å². The number of nitrogens with zero attached hydrogens (tertiary/aromatic N) is 2. The van der Waals surface area contributed by atoms with Crippen LogP contribution >= 0.6 is 0 Å². The molecule has 3 rings (SSSR count). The first-order chi connectivity index (χ1) is 15.9. The van der Waals surface area contributed by atoms with Crippen molar-refractivity contribution in [1.82, 2.24) is 15.1 Å². The van der Waals surface area contributed by atoms with E-state index in [4.69, 9.17) is 9.31 Å². The zero-order chi connectivity index (χ0) is 26.6. The molecule has 0 bridgehead atoms. The van der Waals surface area contributed by atoms with Gasteiger partial charge >= 0.3 is 13.2 Å². The van der Waals surface area contributed by atoms with Crippen molar-refractivity contribution in [1.29, 1.82) is 0 Å². The van der Waals surface area contributed by atoms with Gasteiger partial charge < -0.3 is 29.5 Å². The van der Waals surface area contributed by atoms with Gasteiger partial charge in [-0.25, -0.2) is 4.79 Å². The van der Waals surface area contributed by atoms with Gasteiger partial charge in [0, 0.05) is 32.6 Å². The third-order valence-electron chi connectivity index (χ3n) is 8.68. The second-order valence-electron chi connectivity index (χ2n) is 12.7. The molecule has 2 saturated heterocycles. The van der Waals surface area contributed by atoms with Crippen LogP contribution in [0.5, 0.6) is 0 Å². The van der Waals surface area contributed by atoms with Crippen molar-refractivity contribution in [3.63, 3.8) is 0 Å². The molecule has 1 saturated carbocycles. The van der Waals surface area contributed by atoms with E-state index >= 15 is 0 Å². The van der Waals surface area contributed by atoms with Gasteiger partial charge in [-0.3, -0.25) is 9.59 Å². The highest BCUT2D eigenvalue weighted by molar-refractivity contribution is 6.45. The van der Waals surface area contributed by atoms with Crippen LogP contribution in [0.1, 0.15) is 74.7 Å². The SMILES string of the molecule is CC(=O)N(C)[C@@]1(C(=O)NC(C)(C)C)C[C@H]2CN(C(=O)O)C[C@H]2[C@@H]1CCCB1OC(C)(C)C(C)(C)O1. The summed E-state index contributed by atoms with van der Waals surface area (Å²) in [4.78, 5) is 41.3. The van der Waals surface area contributed by atoms with Gasteiger partial charge in [-0.1, -0.05) is 6.42 Å². The number of nitrogens with one attached hydrogen (secondary N) is 1. The van der Waals surface area contributed by atoms with Crippen molar-refractivity contribution in [3.05, 3.63) is 0 Å². The molecule has 0 aromatic rings. The normalized spacial score (nSPS) is 31.4. The first kappa shape index (κ1) is 27.8. The van der Waals surface area contributed by atoms with Gasteiger partial charge in [-0.15, -0.1) is 0 Å². The third-order valence-corrected chi connectivity index (χ3v) is 8.68. The minimum atomic E-state index is -1.02. The van der Waals surface area contributed by atoms with Gasteiger partial charge in [-0.05, 0) is 85.4 Å². The Balaban J connectivity index is 1.87. The number of hydrogen-bond acceptors (Lipinski definition) is 5. The van der Waals surface area contributed by atoms with Crippen molar-refractivity contribution >= 4 is 25.0 Å². The van der Waals surface area contributed by atoms with E-state index in [1.165, 1.54) is 11.8 Å². The monoisotopic (exact) mass is 493 g/mol. The summed E-state index contributed by atoms with van der Waals surface area (Å²) in [6, 6.07) is 0. The first-order valence-corrected chi connectivity index (χ1v) is 12.8. The number of hydrogen-bond donors (Lipinski definition) is 2. The minimum Gasteiger partial charge on any atom is -0.465 e. The molecule has 35 heavy (non-hydrogen) atoms. The van der Waals surface area contributed by atoms with E-state index in [1.54, 1.807) is 11.9 Å². The van der Waals surface area contributed by atoms with Crippen molar-refractivity contribution in [3.8, 4) is 0 Å². The highest BCUT2D eigenvalue weighted by atomic mass is 16.7. The molecule has 0 radical (unpaired) electrons. The van der Waals surface area contributed by atoms with Gasteiger partial charge in [0.2, 0.25) is 11.8 Å². The largest absolute Gasteiger partial charge is 0.465 e. The maximum absolute atomic E-state index is 13.9. The summed E-state index contributed by atoms with van der Waals surface area (Å²) in [5.74, 6) is -0.451. The average Bonchev–Trinajstić information content (AvgIpc) is 3.28. The molecule has 4 atom stereocenters. The lowest BCUT2D eigenvalue weighted by Gasteiger charge is -2.45. The zero-order valence-electron chi connectivity index (χ0n) is 22.9. The molecule has 0 spiro atoms. The number of fused-ring (bicyclic) bond motifs is 1. The summed E-state index contributed by atoms with van der Waals surface area (Å²) in [5, 5.41) is 12.7. The number of likely N-dealkylation sites (tertiary alicyclic amines) is 1. The average molecular weight is 493 g/mol. The molecular weight excluding hydrogens is 449 g/mol. The summed E-state index contributed by atoms with van der Waals surface area (Å²) < 4.78 is 12.3. The van der Waals surface area contributed by atoms with Crippen molar-refractivity contribution < 1.29 is 28.8 Å². The van der Waals surface area contributed by atoms with E-state index in [0.29, 0.717) is 32.3 Å². The Kier molecular flexibility index (Phi) is 7.34. The van der Waals surface area contributed by atoms with Crippen LogP contribution in [-0.2, 0) is 18.9 Å². The lowest BCUT2D eigenvalue weighted by molar-refractivity contribution is -0.149. The zero-order valence-corrected chi connectivity index (χ0v) is 22.9. The highest BCUT2D eigenvalue weighted by Crippen LogP contribution is 2.53. The van der Waals surface area contributed by atoms with E-state index < -0.39 is 28.4 Å². The van der Waals surface area contributed by atoms with E-state index in [0.717, 1.165) is 6.42 Å². The van der Waals surface area contributed by atoms with E-state index in [2.05, 4.69) is 5.32 Å². The Hall–Kier alpha value is -1.81. The third kappa shape index (κ3) is 5.19. The highest BCUT2D eigenvalue weighted by Gasteiger charge is 2.63. The number of carbonyl (C=O) groups is 3. The van der Waals surface area contributed by atoms with Crippen LogP contribution in [-0.4, -0.2) is 82.3 Å². The van der Waals surface area contributed by atoms with E-state index in [1.807, 2.05) is 48.5 Å². The van der Waals surface area contributed by atoms with E-state index in [9.17, 15) is 19.5 Å². The summed E-state index contributed by atoms with van der Waals surface area (Å²) in [6.07, 6.45) is 1.62. The molecule has 2 heterocycles. The Morgan fingerprint density at radius 1 is 1.11 bits per heavy atom. The maximum atomic E-state index is 13.9. The van der Waals surface area contributed by atoms with Crippen LogP contribution in [0.4, 0.5) is 4.79 Å². The Bertz CT molecular complexity index is 841. The molecule has 2 aliphatic heterocycles. The summed E-state index contributed by atoms with van der Waals surface area (Å²) >= 11 is 0. The second kappa shape index (κ2) is 9.25. The molecule has 0 unspecified atom stereocenters. The lowest BCUT2D eigenvalue weighted by Crippen LogP contribution is -2.64. The van der Waals surface area contributed by atoms with Gasteiger partial charge in [0.25, 0.3) is 0 Å². The van der Waals surface area contributed by atoms with Gasteiger partial charge in [0.05, 0.1) is 11.2 Å². The van der Waals surface area contributed by atoms with Gasteiger partial charge in [0.15, 0.2) is 0 Å². The number of likely N-dealkylation sites (N-methyl/N-ethyl adjacent to an activating group) is 1. The molecule has 0 aromatic heterocycles. The fraction of sp³-hybridized carbons (Fsp3) is 0.880. The Morgan fingerprint density at radius 2 is 1.69 bits per heavy atom. The molecule has 3 aliphatic rings. The topological polar surface area (TPSA) is 108 Å². The summed E-state index contributed by atoms with van der Waals surface area (Å²) in [7, 11) is 1.38. The minimum absolute atomic E-state index is 0.0110. The van der Waals surface area contributed by atoms with Crippen molar-refractivity contribution in [2.24, 2.45) is 17.8 Å². The van der Waals surface area contributed by atoms with Crippen molar-refractivity contribution in [2.45, 2.75) is 103 Å². The predicted molar refractivity (Wildman–Crippen MR) is 134 cm³/mol. The van der Waals surface area contributed by atoms with Gasteiger partial charge in [0.1, 0.15) is 5.54 Å². The summed E-state index contributed by atoms with van der Waals surface area (Å²) in [5.41, 5.74) is -2.29. The van der Waals surface area contributed by atoms with Crippen LogP contribution in [0, 0.1) is 17.8 Å². The number of carbonyl (C=O) groups excluding carboxylic acids is 2. The molecule has 0 aromatic carbocycles. The smallest absolute Gasteiger partial charge is 0.457 e.